The maximum Gasteiger partial charge on any atom is 0.417 e. The highest BCUT2D eigenvalue weighted by atomic mass is 19.4. The van der Waals surface area contributed by atoms with Gasteiger partial charge in [0.25, 0.3) is 5.91 Å². The zero-order chi connectivity index (χ0) is 30.9. The van der Waals surface area contributed by atoms with Crippen molar-refractivity contribution >= 4 is 23.2 Å². The van der Waals surface area contributed by atoms with Crippen molar-refractivity contribution in [2.24, 2.45) is 17.6 Å². The normalized spacial score (nSPS) is 28.6. The number of nitrogens with zero attached hydrogens (tertiary/aromatic N) is 1. The minimum absolute atomic E-state index is 0.0318. The number of hydrogen-bond acceptors (Lipinski definition) is 9. The first-order valence-electron chi connectivity index (χ1n) is 13.9. The molecule has 4 atom stereocenters. The second-order valence-corrected chi connectivity index (χ2v) is 12.0. The Hall–Kier alpha value is -3.42. The number of alkyl halides is 3. The van der Waals surface area contributed by atoms with E-state index in [1.54, 1.807) is 0 Å². The molecule has 2 saturated carbocycles. The molecule has 0 aliphatic heterocycles. The summed E-state index contributed by atoms with van der Waals surface area (Å²) in [7, 11) is 2.89. The van der Waals surface area contributed by atoms with Gasteiger partial charge in [0, 0.05) is 24.1 Å². The molecular formula is C29H34F3N3O7. The number of rotatable bonds is 5. The monoisotopic (exact) mass is 593 g/mol. The van der Waals surface area contributed by atoms with E-state index in [-0.39, 0.29) is 24.6 Å². The molecule has 1 aromatic rings. The molecule has 7 N–H and O–H groups in total. The number of carbonyl (C=O) groups excluding carboxylic acids is 3. The number of carbonyl (C=O) groups is 3. The number of primary amides is 1. The SMILES string of the molecule is CN(C)[C@@H]1C(=O)C(C(N)=O)=C(O)[C@@]2(O)C(=O)C3=C(O)c4c(O)cc(CNC5CCCCC5)c(C(F)(F)F)c4C[C@H]3C[C@@H]12. The van der Waals surface area contributed by atoms with E-state index in [0.29, 0.717) is 0 Å². The Labute approximate surface area is 239 Å². The number of aromatic hydroxyl groups is 1. The third-order valence-corrected chi connectivity index (χ3v) is 9.27. The van der Waals surface area contributed by atoms with E-state index in [2.05, 4.69) is 5.32 Å². The van der Waals surface area contributed by atoms with Crippen molar-refractivity contribution in [3.8, 4) is 5.75 Å². The molecule has 5 rings (SSSR count). The third kappa shape index (κ3) is 4.49. The molecule has 1 amide bonds. The van der Waals surface area contributed by atoms with Gasteiger partial charge in [-0.1, -0.05) is 19.3 Å². The van der Waals surface area contributed by atoms with Gasteiger partial charge in [0.2, 0.25) is 5.78 Å². The Morgan fingerprint density at radius 1 is 1.14 bits per heavy atom. The Balaban J connectivity index is 1.66. The van der Waals surface area contributed by atoms with Crippen LogP contribution in [0.25, 0.3) is 5.76 Å². The zero-order valence-electron chi connectivity index (χ0n) is 23.2. The lowest BCUT2D eigenvalue weighted by atomic mass is 9.57. The number of likely N-dealkylation sites (N-methyl/N-ethyl adjacent to an activating group) is 1. The number of fused-ring (bicyclic) bond motifs is 3. The number of halogens is 3. The van der Waals surface area contributed by atoms with Crippen LogP contribution in [-0.4, -0.2) is 74.6 Å². The van der Waals surface area contributed by atoms with Crippen molar-refractivity contribution in [3.63, 3.8) is 0 Å². The maximum absolute atomic E-state index is 14.6. The van der Waals surface area contributed by atoms with Crippen LogP contribution in [0.4, 0.5) is 13.2 Å². The summed E-state index contributed by atoms with van der Waals surface area (Å²) in [5.41, 5.74) is -1.24. The van der Waals surface area contributed by atoms with Crippen LogP contribution in [0.15, 0.2) is 23.0 Å². The van der Waals surface area contributed by atoms with Gasteiger partial charge in [0.05, 0.1) is 17.2 Å². The number of nitrogens with two attached hydrogens (primary N) is 1. The van der Waals surface area contributed by atoms with E-state index < -0.39 is 98.7 Å². The molecule has 2 fully saturated rings. The lowest BCUT2D eigenvalue weighted by Crippen LogP contribution is -2.65. The lowest BCUT2D eigenvalue weighted by molar-refractivity contribution is -0.153. The molecule has 0 heterocycles. The zero-order valence-corrected chi connectivity index (χ0v) is 23.2. The first kappa shape index (κ1) is 30.1. The highest BCUT2D eigenvalue weighted by Gasteiger charge is 2.64. The average Bonchev–Trinajstić information content (AvgIpc) is 2.88. The molecule has 228 valence electrons. The van der Waals surface area contributed by atoms with Gasteiger partial charge in [-0.3, -0.25) is 19.3 Å². The van der Waals surface area contributed by atoms with E-state index in [9.17, 15) is 48.0 Å². The maximum atomic E-state index is 14.6. The van der Waals surface area contributed by atoms with Crippen molar-refractivity contribution in [2.45, 2.75) is 75.4 Å². The summed E-state index contributed by atoms with van der Waals surface area (Å²) in [4.78, 5) is 40.5. The molecule has 0 saturated heterocycles. The third-order valence-electron chi connectivity index (χ3n) is 9.27. The standard InChI is InChI=1S/C29H34F3N3O7/c1-35(2)22-16-9-12-8-15-19(23(37)18(12)25(39)28(16,42)26(40)20(24(22)38)27(33)41)17(36)10-13(21(15)29(30,31)32)11-34-14-6-4-3-5-7-14/h10,12,14,16,22,34,36-37,40,42H,3-9,11H2,1-2H3,(H2,33,41)/t12-,16-,22-,28-/m0/s1. The fraction of sp³-hybridized carbons (Fsp3) is 0.552. The Morgan fingerprint density at radius 2 is 1.79 bits per heavy atom. The van der Waals surface area contributed by atoms with E-state index in [1.807, 2.05) is 0 Å². The van der Waals surface area contributed by atoms with Crippen molar-refractivity contribution in [1.29, 1.82) is 0 Å². The summed E-state index contributed by atoms with van der Waals surface area (Å²) < 4.78 is 43.9. The number of amides is 1. The van der Waals surface area contributed by atoms with Crippen molar-refractivity contribution in [1.82, 2.24) is 10.2 Å². The second kappa shape index (κ2) is 10.4. The van der Waals surface area contributed by atoms with Gasteiger partial charge in [0.1, 0.15) is 22.8 Å². The molecule has 42 heavy (non-hydrogen) atoms. The highest BCUT2D eigenvalue weighted by Crippen LogP contribution is 2.54. The number of ketones is 2. The van der Waals surface area contributed by atoms with Crippen LogP contribution in [0.2, 0.25) is 0 Å². The number of Topliss-reactive ketones (excluding diaryl/α,β-unsaturated/α-hetero) is 2. The number of phenolic OH excluding ortho intramolecular Hbond substituents is 1. The molecule has 0 radical (unpaired) electrons. The minimum atomic E-state index is -4.87. The number of nitrogens with one attached hydrogen (secondary N) is 1. The molecule has 0 unspecified atom stereocenters. The molecular weight excluding hydrogens is 559 g/mol. The average molecular weight is 594 g/mol. The molecule has 1 aromatic carbocycles. The highest BCUT2D eigenvalue weighted by molar-refractivity contribution is 6.24. The number of aliphatic hydroxyl groups is 3. The fourth-order valence-corrected chi connectivity index (χ4v) is 7.44. The predicted octanol–water partition coefficient (Wildman–Crippen LogP) is 2.41. The van der Waals surface area contributed by atoms with Crippen LogP contribution >= 0.6 is 0 Å². The Kier molecular flexibility index (Phi) is 7.43. The fourth-order valence-electron chi connectivity index (χ4n) is 7.44. The molecule has 0 spiro atoms. The van der Waals surface area contributed by atoms with Crippen LogP contribution in [0.3, 0.4) is 0 Å². The van der Waals surface area contributed by atoms with Crippen molar-refractivity contribution < 1.29 is 48.0 Å². The lowest BCUT2D eigenvalue weighted by Gasteiger charge is -2.50. The van der Waals surface area contributed by atoms with Gasteiger partial charge in [-0.2, -0.15) is 13.2 Å². The van der Waals surface area contributed by atoms with Gasteiger partial charge in [-0.05, 0) is 62.9 Å². The number of benzene rings is 1. The summed E-state index contributed by atoms with van der Waals surface area (Å²) in [6.45, 7) is -0.171. The van der Waals surface area contributed by atoms with E-state index in [1.165, 1.54) is 19.0 Å². The summed E-state index contributed by atoms with van der Waals surface area (Å²) in [5, 5.41) is 47.8. The molecule has 4 aliphatic carbocycles. The molecule has 0 bridgehead atoms. The van der Waals surface area contributed by atoms with Crippen LogP contribution in [-0.2, 0) is 33.5 Å². The van der Waals surface area contributed by atoms with Crippen molar-refractivity contribution in [2.75, 3.05) is 14.1 Å². The Bertz CT molecular complexity index is 1430. The first-order valence-corrected chi connectivity index (χ1v) is 13.9. The molecule has 10 nitrogen and oxygen atoms in total. The summed E-state index contributed by atoms with van der Waals surface area (Å²) in [5.74, 6) is -8.97. The quantitative estimate of drug-likeness (QED) is 0.280. The van der Waals surface area contributed by atoms with Gasteiger partial charge in [-0.25, -0.2) is 0 Å². The van der Waals surface area contributed by atoms with E-state index >= 15 is 0 Å². The summed E-state index contributed by atoms with van der Waals surface area (Å²) in [6.07, 6.45) is -0.967. The van der Waals surface area contributed by atoms with E-state index in [4.69, 9.17) is 5.73 Å². The Morgan fingerprint density at radius 3 is 2.36 bits per heavy atom. The van der Waals surface area contributed by atoms with Gasteiger partial charge >= 0.3 is 6.18 Å². The minimum Gasteiger partial charge on any atom is -0.508 e. The smallest absolute Gasteiger partial charge is 0.417 e. The van der Waals surface area contributed by atoms with Crippen LogP contribution in [0, 0.1) is 11.8 Å². The van der Waals surface area contributed by atoms with Gasteiger partial charge in [-0.15, -0.1) is 0 Å². The first-order chi connectivity index (χ1) is 19.6. The van der Waals surface area contributed by atoms with Crippen molar-refractivity contribution in [3.05, 3.63) is 45.2 Å². The summed E-state index contributed by atoms with van der Waals surface area (Å²) >= 11 is 0. The topological polar surface area (TPSA) is 173 Å². The molecule has 13 heteroatoms. The van der Waals surface area contributed by atoms with Gasteiger partial charge in [0.15, 0.2) is 11.4 Å². The molecule has 0 aromatic heterocycles. The second-order valence-electron chi connectivity index (χ2n) is 12.0. The number of phenols is 1. The van der Waals surface area contributed by atoms with Crippen LogP contribution in [0.5, 0.6) is 5.75 Å². The van der Waals surface area contributed by atoms with E-state index in [0.717, 1.165) is 38.2 Å². The summed E-state index contributed by atoms with van der Waals surface area (Å²) in [6, 6.07) is -0.378. The number of aliphatic hydroxyl groups excluding tert-OH is 2. The van der Waals surface area contributed by atoms with Crippen LogP contribution in [0.1, 0.15) is 60.8 Å². The predicted molar refractivity (Wildman–Crippen MR) is 143 cm³/mol. The van der Waals surface area contributed by atoms with Crippen LogP contribution < -0.4 is 11.1 Å². The number of hydrogen-bond donors (Lipinski definition) is 6. The van der Waals surface area contributed by atoms with Gasteiger partial charge < -0.3 is 31.5 Å². The molecule has 4 aliphatic rings. The largest absolute Gasteiger partial charge is 0.508 e.